The van der Waals surface area contributed by atoms with Gasteiger partial charge in [0.2, 0.25) is 5.95 Å². The maximum absolute atomic E-state index is 13.3. The van der Waals surface area contributed by atoms with E-state index in [0.29, 0.717) is 11.5 Å². The molecule has 0 aliphatic carbocycles. The summed E-state index contributed by atoms with van der Waals surface area (Å²) in [6.07, 6.45) is -4.49. The molecule has 0 aliphatic heterocycles. The van der Waals surface area contributed by atoms with Crippen LogP contribution in [0.25, 0.3) is 11.3 Å². The minimum atomic E-state index is -4.49. The summed E-state index contributed by atoms with van der Waals surface area (Å²) in [5.41, 5.74) is 0.872. The van der Waals surface area contributed by atoms with Crippen molar-refractivity contribution in [2.45, 2.75) is 26.1 Å². The molecule has 164 valence electrons. The first-order valence-electron chi connectivity index (χ1n) is 9.63. The molecule has 0 spiro atoms. The number of aliphatic hydroxyl groups is 1. The molecule has 5 nitrogen and oxygen atoms in total. The number of aliphatic hydroxyl groups excluding tert-OH is 1. The molecule has 0 aliphatic rings. The van der Waals surface area contributed by atoms with E-state index in [4.69, 9.17) is 0 Å². The number of anilines is 3. The normalized spacial score (nSPS) is 12.6. The number of hydrogen-bond donors (Lipinski definition) is 3. The fraction of sp³-hybridized carbons (Fsp3) is 0.273. The van der Waals surface area contributed by atoms with E-state index in [2.05, 4.69) is 36.5 Å². The van der Waals surface area contributed by atoms with Crippen LogP contribution < -0.4 is 10.6 Å². The number of alkyl halides is 3. The van der Waals surface area contributed by atoms with Crippen molar-refractivity contribution in [3.05, 3.63) is 64.6 Å². The van der Waals surface area contributed by atoms with E-state index in [0.717, 1.165) is 11.6 Å². The van der Waals surface area contributed by atoms with Gasteiger partial charge in [-0.25, -0.2) is 4.98 Å². The van der Waals surface area contributed by atoms with Gasteiger partial charge in [-0.15, -0.1) is 0 Å². The second-order valence-corrected chi connectivity index (χ2v) is 8.18. The third kappa shape index (κ3) is 5.95. The van der Waals surface area contributed by atoms with Crippen molar-refractivity contribution in [1.29, 1.82) is 0 Å². The third-order valence-electron chi connectivity index (χ3n) is 4.66. The highest BCUT2D eigenvalue weighted by molar-refractivity contribution is 9.10. The lowest BCUT2D eigenvalue weighted by Gasteiger charge is -2.21. The van der Waals surface area contributed by atoms with E-state index in [9.17, 15) is 18.3 Å². The Balaban J connectivity index is 2.00. The van der Waals surface area contributed by atoms with Crippen LogP contribution in [0, 0.1) is 5.92 Å². The molecule has 1 aromatic heterocycles. The summed E-state index contributed by atoms with van der Waals surface area (Å²) in [6.45, 7) is 3.80. The van der Waals surface area contributed by atoms with Gasteiger partial charge in [-0.2, -0.15) is 18.2 Å². The van der Waals surface area contributed by atoms with Crippen molar-refractivity contribution >= 4 is 33.4 Å². The summed E-state index contributed by atoms with van der Waals surface area (Å²) in [5.74, 6) is 0.711. The summed E-state index contributed by atoms with van der Waals surface area (Å²) in [5, 5.41) is 15.7. The minimum Gasteiger partial charge on any atom is -0.394 e. The van der Waals surface area contributed by atoms with Gasteiger partial charge in [-0.1, -0.05) is 60.1 Å². The van der Waals surface area contributed by atoms with Crippen molar-refractivity contribution in [2.24, 2.45) is 5.92 Å². The van der Waals surface area contributed by atoms with Crippen LogP contribution in [0.5, 0.6) is 0 Å². The quantitative estimate of drug-likeness (QED) is 0.370. The van der Waals surface area contributed by atoms with E-state index < -0.39 is 11.7 Å². The molecule has 0 saturated carbocycles. The first kappa shape index (κ1) is 23.0. The Morgan fingerprint density at radius 1 is 1.03 bits per heavy atom. The summed E-state index contributed by atoms with van der Waals surface area (Å²) < 4.78 is 39.7. The van der Waals surface area contributed by atoms with E-state index in [-0.39, 0.29) is 34.7 Å². The number of nitrogens with zero attached hydrogens (tertiary/aromatic N) is 2. The number of nitrogens with one attached hydrogen (secondary N) is 2. The van der Waals surface area contributed by atoms with Gasteiger partial charge in [0.15, 0.2) is 0 Å². The Hall–Kier alpha value is -2.65. The zero-order chi connectivity index (χ0) is 22.6. The molecular weight excluding hydrogens is 473 g/mol. The molecule has 9 heteroatoms. The maximum atomic E-state index is 13.3. The van der Waals surface area contributed by atoms with Crippen LogP contribution in [0.3, 0.4) is 0 Å². The fourth-order valence-corrected chi connectivity index (χ4v) is 3.36. The standard InChI is InChI=1S/C22H22BrF3N4O/c1-13(2)19(12-31)29-21-28-18(14-6-4-3-5-7-14)11-20(30-21)27-15-8-9-17(23)16(10-15)22(24,25)26/h3-11,13,19,31H,12H2,1-2H3,(H2,27,28,29,30)/t19-/m1/s1. The highest BCUT2D eigenvalue weighted by atomic mass is 79.9. The number of benzene rings is 2. The minimum absolute atomic E-state index is 0.0386. The van der Waals surface area contributed by atoms with Crippen LogP contribution >= 0.6 is 15.9 Å². The molecule has 3 aromatic rings. The van der Waals surface area contributed by atoms with Gasteiger partial charge in [0, 0.05) is 21.8 Å². The topological polar surface area (TPSA) is 70.1 Å². The largest absolute Gasteiger partial charge is 0.417 e. The van der Waals surface area contributed by atoms with Crippen LogP contribution in [-0.2, 0) is 6.18 Å². The van der Waals surface area contributed by atoms with E-state index in [1.165, 1.54) is 12.1 Å². The SMILES string of the molecule is CC(C)[C@@H](CO)Nc1nc(Nc2ccc(Br)c(C(F)(F)F)c2)cc(-c2ccccc2)n1. The Morgan fingerprint density at radius 3 is 2.35 bits per heavy atom. The monoisotopic (exact) mass is 494 g/mol. The predicted molar refractivity (Wildman–Crippen MR) is 119 cm³/mol. The van der Waals surface area contributed by atoms with E-state index in [1.54, 1.807) is 6.07 Å². The molecule has 0 bridgehead atoms. The Labute approximate surface area is 186 Å². The lowest BCUT2D eigenvalue weighted by molar-refractivity contribution is -0.138. The molecular formula is C22H22BrF3N4O. The molecule has 3 rings (SSSR count). The summed E-state index contributed by atoms with van der Waals surface area (Å²) in [6, 6.07) is 14.6. The number of hydrogen-bond acceptors (Lipinski definition) is 5. The van der Waals surface area contributed by atoms with Gasteiger partial charge in [0.05, 0.1) is 23.9 Å². The molecule has 0 radical (unpaired) electrons. The molecule has 31 heavy (non-hydrogen) atoms. The van der Waals surface area contributed by atoms with Gasteiger partial charge in [-0.3, -0.25) is 0 Å². The zero-order valence-corrected chi connectivity index (χ0v) is 18.5. The van der Waals surface area contributed by atoms with E-state index >= 15 is 0 Å². The molecule has 3 N–H and O–H groups in total. The van der Waals surface area contributed by atoms with Gasteiger partial charge >= 0.3 is 6.18 Å². The number of rotatable bonds is 7. The molecule has 0 amide bonds. The maximum Gasteiger partial charge on any atom is 0.417 e. The van der Waals surface area contributed by atoms with Crippen molar-refractivity contribution < 1.29 is 18.3 Å². The van der Waals surface area contributed by atoms with Crippen LogP contribution in [0.2, 0.25) is 0 Å². The van der Waals surface area contributed by atoms with Crippen LogP contribution in [0.4, 0.5) is 30.6 Å². The lowest BCUT2D eigenvalue weighted by Crippen LogP contribution is -2.30. The highest BCUT2D eigenvalue weighted by Crippen LogP contribution is 2.37. The lowest BCUT2D eigenvalue weighted by atomic mass is 10.1. The Morgan fingerprint density at radius 2 is 1.74 bits per heavy atom. The van der Waals surface area contributed by atoms with Crippen LogP contribution in [0.15, 0.2) is 59.1 Å². The Kier molecular flexibility index (Phi) is 7.17. The van der Waals surface area contributed by atoms with Crippen molar-refractivity contribution in [1.82, 2.24) is 9.97 Å². The predicted octanol–water partition coefficient (Wildman–Crippen LogP) is 6.10. The van der Waals surface area contributed by atoms with Crippen LogP contribution in [-0.4, -0.2) is 27.7 Å². The molecule has 0 unspecified atom stereocenters. The van der Waals surface area contributed by atoms with Crippen LogP contribution in [0.1, 0.15) is 19.4 Å². The third-order valence-corrected chi connectivity index (χ3v) is 5.35. The zero-order valence-electron chi connectivity index (χ0n) is 16.9. The highest BCUT2D eigenvalue weighted by Gasteiger charge is 2.33. The fourth-order valence-electron chi connectivity index (χ4n) is 2.89. The van der Waals surface area contributed by atoms with Crippen molar-refractivity contribution in [2.75, 3.05) is 17.2 Å². The van der Waals surface area contributed by atoms with Crippen molar-refractivity contribution in [3.8, 4) is 11.3 Å². The molecule has 2 aromatic carbocycles. The van der Waals surface area contributed by atoms with Gasteiger partial charge in [-0.05, 0) is 24.1 Å². The number of halogens is 4. The average Bonchev–Trinajstić information content (AvgIpc) is 2.73. The second kappa shape index (κ2) is 9.65. The first-order chi connectivity index (χ1) is 14.7. The summed E-state index contributed by atoms with van der Waals surface area (Å²) in [7, 11) is 0. The molecule has 0 saturated heterocycles. The summed E-state index contributed by atoms with van der Waals surface area (Å²) in [4.78, 5) is 8.93. The number of aromatic nitrogens is 2. The smallest absolute Gasteiger partial charge is 0.394 e. The molecule has 1 atom stereocenters. The molecule has 0 fully saturated rings. The van der Waals surface area contributed by atoms with Gasteiger partial charge in [0.1, 0.15) is 5.82 Å². The second-order valence-electron chi connectivity index (χ2n) is 7.32. The average molecular weight is 495 g/mol. The van der Waals surface area contributed by atoms with E-state index in [1.807, 2.05) is 44.2 Å². The summed E-state index contributed by atoms with van der Waals surface area (Å²) >= 11 is 2.95. The van der Waals surface area contributed by atoms with Gasteiger partial charge < -0.3 is 15.7 Å². The Bertz CT molecular complexity index is 1030. The molecule has 1 heterocycles. The van der Waals surface area contributed by atoms with Gasteiger partial charge in [0.25, 0.3) is 0 Å². The van der Waals surface area contributed by atoms with Crippen molar-refractivity contribution in [3.63, 3.8) is 0 Å². The first-order valence-corrected chi connectivity index (χ1v) is 10.4.